The summed E-state index contributed by atoms with van der Waals surface area (Å²) in [5.74, 6) is 2.21. The van der Waals surface area contributed by atoms with Crippen molar-refractivity contribution in [2.45, 2.75) is 39.3 Å². The quantitative estimate of drug-likeness (QED) is 0.382. The molecule has 6 heteroatoms. The molecule has 2 aromatic carbocycles. The summed E-state index contributed by atoms with van der Waals surface area (Å²) in [6.07, 6.45) is 6.64. The Morgan fingerprint density at radius 2 is 1.81 bits per heavy atom. The summed E-state index contributed by atoms with van der Waals surface area (Å²) in [4.78, 5) is 8.83. The van der Waals surface area contributed by atoms with Crippen molar-refractivity contribution in [1.82, 2.24) is 20.2 Å². The van der Waals surface area contributed by atoms with Crippen LogP contribution in [0, 0.1) is 0 Å². The second kappa shape index (κ2) is 11.8. The number of hydrogen-bond acceptors (Lipinski definition) is 3. The molecule has 0 fully saturated rings. The maximum atomic E-state index is 5.24. The molecular weight excluding hydrogens is 386 g/mol. The van der Waals surface area contributed by atoms with E-state index < -0.39 is 0 Å². The van der Waals surface area contributed by atoms with Gasteiger partial charge in [-0.1, -0.05) is 43.3 Å². The van der Waals surface area contributed by atoms with Crippen LogP contribution in [0.3, 0.4) is 0 Å². The van der Waals surface area contributed by atoms with Crippen LogP contribution in [-0.2, 0) is 13.1 Å². The van der Waals surface area contributed by atoms with Crippen molar-refractivity contribution in [3.63, 3.8) is 0 Å². The Balaban J connectivity index is 1.48. The molecule has 2 N–H and O–H groups in total. The average molecular weight is 420 g/mol. The molecule has 0 aliphatic rings. The summed E-state index contributed by atoms with van der Waals surface area (Å²) >= 11 is 0. The number of nitrogens with zero attached hydrogens (tertiary/aromatic N) is 3. The first-order valence-corrected chi connectivity index (χ1v) is 10.9. The van der Waals surface area contributed by atoms with Crippen molar-refractivity contribution in [2.75, 3.05) is 20.2 Å². The van der Waals surface area contributed by atoms with Gasteiger partial charge in [0.15, 0.2) is 5.96 Å². The van der Waals surface area contributed by atoms with Crippen LogP contribution in [-0.4, -0.2) is 35.7 Å². The number of guanidine groups is 1. The van der Waals surface area contributed by atoms with Crippen molar-refractivity contribution in [1.29, 1.82) is 0 Å². The summed E-state index contributed by atoms with van der Waals surface area (Å²) in [6, 6.07) is 16.9. The molecule has 1 unspecified atom stereocenters. The topological polar surface area (TPSA) is 63.5 Å². The van der Waals surface area contributed by atoms with Gasteiger partial charge in [-0.15, -0.1) is 0 Å². The van der Waals surface area contributed by atoms with Crippen LogP contribution in [0.15, 0.2) is 72.2 Å². The maximum Gasteiger partial charge on any atom is 0.191 e. The zero-order chi connectivity index (χ0) is 21.9. The zero-order valence-corrected chi connectivity index (χ0v) is 18.7. The van der Waals surface area contributed by atoms with Gasteiger partial charge in [-0.05, 0) is 48.1 Å². The van der Waals surface area contributed by atoms with Crippen LogP contribution in [0.2, 0.25) is 0 Å². The first-order chi connectivity index (χ1) is 15.2. The van der Waals surface area contributed by atoms with Crippen LogP contribution in [0.25, 0.3) is 0 Å². The highest BCUT2D eigenvalue weighted by Crippen LogP contribution is 2.21. The summed E-state index contributed by atoms with van der Waals surface area (Å²) in [5, 5.41) is 6.79. The van der Waals surface area contributed by atoms with Gasteiger partial charge in [0.2, 0.25) is 0 Å². The monoisotopic (exact) mass is 419 g/mol. The Hall–Kier alpha value is -3.28. The Morgan fingerprint density at radius 3 is 2.45 bits per heavy atom. The van der Waals surface area contributed by atoms with E-state index in [0.29, 0.717) is 12.5 Å². The molecule has 0 bridgehead atoms. The number of aliphatic imine (C=N–C) groups is 1. The largest absolute Gasteiger partial charge is 0.497 e. The summed E-state index contributed by atoms with van der Waals surface area (Å²) in [6.45, 7) is 7.52. The minimum Gasteiger partial charge on any atom is -0.497 e. The third-order valence-corrected chi connectivity index (χ3v) is 5.27. The molecule has 0 saturated heterocycles. The molecule has 0 amide bonds. The predicted molar refractivity (Wildman–Crippen MR) is 127 cm³/mol. The van der Waals surface area contributed by atoms with Crippen LogP contribution in [0.4, 0.5) is 0 Å². The van der Waals surface area contributed by atoms with Gasteiger partial charge in [0, 0.05) is 32.0 Å². The lowest BCUT2D eigenvalue weighted by atomic mass is 9.98. The van der Waals surface area contributed by atoms with E-state index in [1.807, 2.05) is 24.7 Å². The summed E-state index contributed by atoms with van der Waals surface area (Å²) in [7, 11) is 1.69. The lowest BCUT2D eigenvalue weighted by Gasteiger charge is -2.15. The van der Waals surface area contributed by atoms with E-state index in [-0.39, 0.29) is 0 Å². The van der Waals surface area contributed by atoms with Crippen molar-refractivity contribution < 1.29 is 4.74 Å². The van der Waals surface area contributed by atoms with Crippen LogP contribution in [0.5, 0.6) is 5.75 Å². The fourth-order valence-electron chi connectivity index (χ4n) is 3.36. The van der Waals surface area contributed by atoms with Gasteiger partial charge in [0.05, 0.1) is 20.0 Å². The third kappa shape index (κ3) is 7.17. The molecule has 0 radical (unpaired) electrons. The van der Waals surface area contributed by atoms with Gasteiger partial charge in [-0.3, -0.25) is 0 Å². The molecule has 164 valence electrons. The van der Waals surface area contributed by atoms with E-state index in [2.05, 4.69) is 70.4 Å². The highest BCUT2D eigenvalue weighted by Gasteiger charge is 2.06. The number of ether oxygens (including phenoxy) is 1. The first kappa shape index (κ1) is 22.4. The van der Waals surface area contributed by atoms with Crippen molar-refractivity contribution in [3.05, 3.63) is 83.9 Å². The Morgan fingerprint density at radius 1 is 1.06 bits per heavy atom. The number of hydrogen-bond donors (Lipinski definition) is 2. The Kier molecular flexibility index (Phi) is 8.52. The van der Waals surface area contributed by atoms with Crippen LogP contribution >= 0.6 is 0 Å². The van der Waals surface area contributed by atoms with Gasteiger partial charge < -0.3 is 19.9 Å². The van der Waals surface area contributed by atoms with Gasteiger partial charge in [-0.2, -0.15) is 0 Å². The molecule has 1 aromatic heterocycles. The second-order valence-electron chi connectivity index (χ2n) is 7.64. The van der Waals surface area contributed by atoms with E-state index in [1.54, 1.807) is 13.3 Å². The van der Waals surface area contributed by atoms with Gasteiger partial charge in [0.1, 0.15) is 5.75 Å². The molecule has 0 aliphatic carbocycles. The lowest BCUT2D eigenvalue weighted by molar-refractivity contribution is 0.414. The molecule has 0 aliphatic heterocycles. The highest BCUT2D eigenvalue weighted by atomic mass is 16.5. The maximum absolute atomic E-state index is 5.24. The molecule has 3 rings (SSSR count). The van der Waals surface area contributed by atoms with E-state index in [9.17, 15) is 0 Å². The van der Waals surface area contributed by atoms with Crippen LogP contribution < -0.4 is 15.4 Å². The molecular formula is C25H33N5O. The normalized spacial score (nSPS) is 12.4. The molecule has 0 saturated carbocycles. The molecule has 0 spiro atoms. The van der Waals surface area contributed by atoms with E-state index in [1.165, 1.54) is 16.7 Å². The van der Waals surface area contributed by atoms with E-state index >= 15 is 0 Å². The SMILES string of the molecule is CCNC(=NCc1ccc(Cn2ccnc2)cc1)NCCC(C)c1ccc(OC)cc1. The molecule has 1 atom stereocenters. The van der Waals surface area contributed by atoms with E-state index in [0.717, 1.165) is 37.8 Å². The summed E-state index contributed by atoms with van der Waals surface area (Å²) < 4.78 is 7.30. The molecule has 3 aromatic rings. The van der Waals surface area contributed by atoms with Crippen molar-refractivity contribution in [3.8, 4) is 5.75 Å². The number of nitrogens with one attached hydrogen (secondary N) is 2. The third-order valence-electron chi connectivity index (χ3n) is 5.27. The van der Waals surface area contributed by atoms with E-state index in [4.69, 9.17) is 9.73 Å². The van der Waals surface area contributed by atoms with Gasteiger partial charge in [-0.25, -0.2) is 9.98 Å². The van der Waals surface area contributed by atoms with Gasteiger partial charge >= 0.3 is 0 Å². The number of imidazole rings is 1. The smallest absolute Gasteiger partial charge is 0.191 e. The second-order valence-corrected chi connectivity index (χ2v) is 7.64. The minimum absolute atomic E-state index is 0.462. The standard InChI is InChI=1S/C25H33N5O/c1-4-27-25(28-14-13-20(2)23-9-11-24(31-3)12-10-23)29-17-21-5-7-22(8-6-21)18-30-16-15-26-19-30/h5-12,15-16,19-20H,4,13-14,17-18H2,1-3H3,(H2,27,28,29). The summed E-state index contributed by atoms with van der Waals surface area (Å²) in [5.41, 5.74) is 3.77. The highest BCUT2D eigenvalue weighted by molar-refractivity contribution is 5.79. The average Bonchev–Trinajstić information content (AvgIpc) is 3.31. The van der Waals surface area contributed by atoms with Gasteiger partial charge in [0.25, 0.3) is 0 Å². The van der Waals surface area contributed by atoms with Crippen LogP contribution in [0.1, 0.15) is 42.9 Å². The Bertz CT molecular complexity index is 918. The van der Waals surface area contributed by atoms with Crippen molar-refractivity contribution >= 4 is 5.96 Å². The Labute approximate surface area is 185 Å². The fourth-order valence-corrected chi connectivity index (χ4v) is 3.36. The zero-order valence-electron chi connectivity index (χ0n) is 18.7. The number of benzene rings is 2. The molecule has 1 heterocycles. The predicted octanol–water partition coefficient (Wildman–Crippen LogP) is 4.19. The first-order valence-electron chi connectivity index (χ1n) is 10.9. The number of rotatable bonds is 10. The molecule has 6 nitrogen and oxygen atoms in total. The number of methoxy groups -OCH3 is 1. The van der Waals surface area contributed by atoms with Crippen molar-refractivity contribution in [2.24, 2.45) is 4.99 Å². The fraction of sp³-hybridized carbons (Fsp3) is 0.360. The number of aromatic nitrogens is 2. The lowest BCUT2D eigenvalue weighted by Crippen LogP contribution is -2.38. The minimum atomic E-state index is 0.462. The molecule has 31 heavy (non-hydrogen) atoms.